The summed E-state index contributed by atoms with van der Waals surface area (Å²) in [5, 5.41) is 14.7. The number of nitrogens with zero attached hydrogens (tertiary/aromatic N) is 2. The lowest BCUT2D eigenvalue weighted by Crippen LogP contribution is -2.57. The molecule has 0 aromatic heterocycles. The van der Waals surface area contributed by atoms with Crippen LogP contribution >= 0.6 is 0 Å². The lowest BCUT2D eigenvalue weighted by Gasteiger charge is -2.38. The van der Waals surface area contributed by atoms with Crippen LogP contribution in [0.2, 0.25) is 0 Å². The molecular weight excluding hydrogens is 276 g/mol. The summed E-state index contributed by atoms with van der Waals surface area (Å²) < 4.78 is 5.29. The number of nitrogens with one attached hydrogen (secondary N) is 1. The van der Waals surface area contributed by atoms with Crippen molar-refractivity contribution < 1.29 is 19.5 Å². The molecule has 2 aliphatic rings. The Morgan fingerprint density at radius 2 is 2.10 bits per heavy atom. The van der Waals surface area contributed by atoms with Crippen molar-refractivity contribution in [2.24, 2.45) is 16.3 Å². The number of hydrogen-bond donors (Lipinski definition) is 3. The van der Waals surface area contributed by atoms with Crippen LogP contribution in [0.4, 0.5) is 0 Å². The topological polar surface area (TPSA) is 117 Å². The number of likely N-dealkylation sites (N-methyl/N-ethyl adjacent to an activating group) is 1. The third kappa shape index (κ3) is 2.67. The molecule has 4 N–H and O–H groups in total. The maximum atomic E-state index is 13.0. The highest BCUT2D eigenvalue weighted by molar-refractivity contribution is 6.08. The van der Waals surface area contributed by atoms with Gasteiger partial charge in [-0.05, 0) is 25.7 Å². The number of amides is 2. The van der Waals surface area contributed by atoms with Gasteiger partial charge in [0, 0.05) is 26.8 Å². The second-order valence-corrected chi connectivity index (χ2v) is 5.45. The van der Waals surface area contributed by atoms with Crippen LogP contribution in [0.15, 0.2) is 5.16 Å². The molecule has 0 aliphatic carbocycles. The number of carbonyl (C=O) groups is 2. The van der Waals surface area contributed by atoms with E-state index in [1.165, 1.54) is 0 Å². The molecule has 2 fully saturated rings. The van der Waals surface area contributed by atoms with Crippen molar-refractivity contribution >= 4 is 17.6 Å². The van der Waals surface area contributed by atoms with E-state index in [0.717, 1.165) is 6.42 Å². The molecule has 0 aromatic rings. The number of oxime groups is 1. The molecule has 1 atom stereocenters. The number of nitrogens with two attached hydrogens (primary N) is 1. The molecule has 0 radical (unpaired) electrons. The average Bonchev–Trinajstić information content (AvgIpc) is 3.02. The zero-order chi connectivity index (χ0) is 15.5. The molecule has 8 heteroatoms. The lowest BCUT2D eigenvalue weighted by molar-refractivity contribution is -0.147. The van der Waals surface area contributed by atoms with Gasteiger partial charge < -0.3 is 25.9 Å². The van der Waals surface area contributed by atoms with E-state index in [1.807, 2.05) is 0 Å². The summed E-state index contributed by atoms with van der Waals surface area (Å²) in [6, 6.07) is -0.478. The Kier molecular flexibility index (Phi) is 4.66. The summed E-state index contributed by atoms with van der Waals surface area (Å²) in [4.78, 5) is 26.4. The Morgan fingerprint density at radius 1 is 1.43 bits per heavy atom. The van der Waals surface area contributed by atoms with E-state index in [4.69, 9.17) is 15.7 Å². The van der Waals surface area contributed by atoms with Gasteiger partial charge in [0.2, 0.25) is 11.8 Å². The van der Waals surface area contributed by atoms with Crippen LogP contribution in [-0.2, 0) is 14.3 Å². The smallest absolute Gasteiger partial charge is 0.242 e. The number of amidine groups is 1. The van der Waals surface area contributed by atoms with E-state index in [-0.39, 0.29) is 17.6 Å². The van der Waals surface area contributed by atoms with E-state index in [2.05, 4.69) is 10.5 Å². The summed E-state index contributed by atoms with van der Waals surface area (Å²) >= 11 is 0. The second-order valence-electron chi connectivity index (χ2n) is 5.45. The molecule has 8 nitrogen and oxygen atoms in total. The van der Waals surface area contributed by atoms with E-state index < -0.39 is 11.5 Å². The maximum absolute atomic E-state index is 13.0. The van der Waals surface area contributed by atoms with Crippen molar-refractivity contribution in [2.75, 3.05) is 26.8 Å². The number of hydrogen-bond acceptors (Lipinski definition) is 5. The van der Waals surface area contributed by atoms with Crippen molar-refractivity contribution in [3.05, 3.63) is 0 Å². The van der Waals surface area contributed by atoms with Crippen LogP contribution in [0, 0.1) is 5.41 Å². The minimum Gasteiger partial charge on any atom is -0.409 e. The van der Waals surface area contributed by atoms with E-state index >= 15 is 0 Å². The molecule has 0 aromatic carbocycles. The average molecular weight is 298 g/mol. The molecule has 2 saturated heterocycles. The predicted molar refractivity (Wildman–Crippen MR) is 74.7 cm³/mol. The van der Waals surface area contributed by atoms with Gasteiger partial charge >= 0.3 is 0 Å². The van der Waals surface area contributed by atoms with Crippen LogP contribution in [0.5, 0.6) is 0 Å². The number of likely N-dealkylation sites (tertiary alicyclic amines) is 1. The van der Waals surface area contributed by atoms with Gasteiger partial charge in [-0.1, -0.05) is 5.16 Å². The Balaban J connectivity index is 2.28. The van der Waals surface area contributed by atoms with E-state index in [9.17, 15) is 9.59 Å². The van der Waals surface area contributed by atoms with Crippen LogP contribution in [0.3, 0.4) is 0 Å². The quantitative estimate of drug-likeness (QED) is 0.275. The molecule has 0 bridgehead atoms. The summed E-state index contributed by atoms with van der Waals surface area (Å²) in [6.45, 7) is 1.26. The first-order valence-corrected chi connectivity index (χ1v) is 7.15. The highest BCUT2D eigenvalue weighted by Crippen LogP contribution is 2.35. The fourth-order valence-electron chi connectivity index (χ4n) is 3.12. The second kappa shape index (κ2) is 6.30. The first-order chi connectivity index (χ1) is 10.1. The first-order valence-electron chi connectivity index (χ1n) is 7.15. The first kappa shape index (κ1) is 15.6. The fraction of sp³-hybridized carbons (Fsp3) is 0.769. The molecule has 2 amide bonds. The van der Waals surface area contributed by atoms with Crippen LogP contribution < -0.4 is 11.1 Å². The van der Waals surface area contributed by atoms with Crippen LogP contribution in [0.25, 0.3) is 0 Å². The van der Waals surface area contributed by atoms with Crippen molar-refractivity contribution in [3.8, 4) is 0 Å². The SMILES string of the molecule is CNC(=O)C1CCCN1C(=O)C1(C(N)=NO)CCOCC1. The molecule has 2 aliphatic heterocycles. The standard InChI is InChI=1S/C13H22N4O4/c1-15-10(18)9-3-2-6-17(9)12(19)13(11(14)16-20)4-7-21-8-5-13/h9,20H,2-8H2,1H3,(H2,14,16)(H,15,18). The molecule has 0 spiro atoms. The van der Waals surface area contributed by atoms with Gasteiger partial charge in [0.1, 0.15) is 11.5 Å². The van der Waals surface area contributed by atoms with Gasteiger partial charge in [0.05, 0.1) is 0 Å². The van der Waals surface area contributed by atoms with Crippen LogP contribution in [0.1, 0.15) is 25.7 Å². The van der Waals surface area contributed by atoms with Gasteiger partial charge in [-0.15, -0.1) is 0 Å². The minimum atomic E-state index is -1.07. The highest BCUT2D eigenvalue weighted by atomic mass is 16.5. The summed E-state index contributed by atoms with van der Waals surface area (Å²) in [5.41, 5.74) is 4.74. The molecule has 1 unspecified atom stereocenters. The summed E-state index contributed by atoms with van der Waals surface area (Å²) in [5.74, 6) is -0.520. The van der Waals surface area contributed by atoms with E-state index in [1.54, 1.807) is 11.9 Å². The Morgan fingerprint density at radius 3 is 2.67 bits per heavy atom. The largest absolute Gasteiger partial charge is 0.409 e. The third-order valence-corrected chi connectivity index (χ3v) is 4.42. The Bertz CT molecular complexity index is 445. The zero-order valence-corrected chi connectivity index (χ0v) is 12.2. The monoisotopic (exact) mass is 298 g/mol. The van der Waals surface area contributed by atoms with Crippen molar-refractivity contribution in [1.29, 1.82) is 0 Å². The minimum absolute atomic E-state index is 0.0987. The van der Waals surface area contributed by atoms with Gasteiger partial charge in [-0.3, -0.25) is 9.59 Å². The van der Waals surface area contributed by atoms with Gasteiger partial charge in [-0.2, -0.15) is 0 Å². The van der Waals surface area contributed by atoms with Crippen LogP contribution in [-0.4, -0.2) is 60.6 Å². The molecule has 2 rings (SSSR count). The summed E-state index contributed by atoms with van der Waals surface area (Å²) in [7, 11) is 1.55. The van der Waals surface area contributed by atoms with Gasteiger partial charge in [0.15, 0.2) is 5.84 Å². The number of carbonyl (C=O) groups excluding carboxylic acids is 2. The highest BCUT2D eigenvalue weighted by Gasteiger charge is 2.49. The molecular formula is C13H22N4O4. The lowest BCUT2D eigenvalue weighted by atomic mass is 9.77. The predicted octanol–water partition coefficient (Wildman–Crippen LogP) is -0.733. The third-order valence-electron chi connectivity index (χ3n) is 4.42. The molecule has 118 valence electrons. The Hall–Kier alpha value is -1.83. The molecule has 21 heavy (non-hydrogen) atoms. The van der Waals surface area contributed by atoms with Crippen molar-refractivity contribution in [3.63, 3.8) is 0 Å². The molecule has 0 saturated carbocycles. The molecule has 2 heterocycles. The van der Waals surface area contributed by atoms with E-state index in [0.29, 0.717) is 39.0 Å². The van der Waals surface area contributed by atoms with Gasteiger partial charge in [-0.25, -0.2) is 0 Å². The van der Waals surface area contributed by atoms with Gasteiger partial charge in [0.25, 0.3) is 0 Å². The fourth-order valence-corrected chi connectivity index (χ4v) is 3.12. The Labute approximate surface area is 123 Å². The summed E-state index contributed by atoms with van der Waals surface area (Å²) in [6.07, 6.45) is 2.12. The number of rotatable bonds is 3. The van der Waals surface area contributed by atoms with Crippen molar-refractivity contribution in [1.82, 2.24) is 10.2 Å². The zero-order valence-electron chi connectivity index (χ0n) is 12.2. The number of ether oxygens (including phenoxy) is 1. The van der Waals surface area contributed by atoms with Crippen molar-refractivity contribution in [2.45, 2.75) is 31.7 Å². The normalized spacial score (nSPS) is 25.7. The maximum Gasteiger partial charge on any atom is 0.242 e.